The fraction of sp³-hybridized carbons (Fsp3) is 0.400. The first-order valence-electron chi connectivity index (χ1n) is 11.2. The van der Waals surface area contributed by atoms with Gasteiger partial charge in [0.15, 0.2) is 0 Å². The number of carbonyl (C=O) groups is 1. The molecule has 31 heavy (non-hydrogen) atoms. The van der Waals surface area contributed by atoms with Gasteiger partial charge < -0.3 is 15.1 Å². The largest absolute Gasteiger partial charge is 0.382 e. The van der Waals surface area contributed by atoms with E-state index in [-0.39, 0.29) is 5.91 Å². The van der Waals surface area contributed by atoms with Gasteiger partial charge in [0.25, 0.3) is 5.91 Å². The zero-order valence-corrected chi connectivity index (χ0v) is 18.6. The summed E-state index contributed by atoms with van der Waals surface area (Å²) >= 11 is 0. The lowest BCUT2D eigenvalue weighted by Gasteiger charge is -2.30. The highest BCUT2D eigenvalue weighted by molar-refractivity contribution is 5.95. The van der Waals surface area contributed by atoms with Gasteiger partial charge in [0.2, 0.25) is 0 Å². The fourth-order valence-corrected chi connectivity index (χ4v) is 4.19. The van der Waals surface area contributed by atoms with Crippen LogP contribution in [0.4, 0.5) is 5.69 Å². The van der Waals surface area contributed by atoms with Crippen molar-refractivity contribution < 1.29 is 4.79 Å². The molecule has 0 bridgehead atoms. The van der Waals surface area contributed by atoms with Gasteiger partial charge in [0.05, 0.1) is 11.2 Å². The Morgan fingerprint density at radius 3 is 2.52 bits per heavy atom. The predicted molar refractivity (Wildman–Crippen MR) is 126 cm³/mol. The Morgan fingerprint density at radius 2 is 1.84 bits per heavy atom. The summed E-state index contributed by atoms with van der Waals surface area (Å²) in [6.07, 6.45) is 5.91. The second kappa shape index (κ2) is 9.43. The number of benzene rings is 1. The molecule has 0 radical (unpaired) electrons. The molecular weight excluding hydrogens is 386 g/mol. The summed E-state index contributed by atoms with van der Waals surface area (Å²) in [5.74, 6) is 0.0683. The van der Waals surface area contributed by atoms with E-state index in [1.807, 2.05) is 55.3 Å². The minimum absolute atomic E-state index is 0.0683. The minimum Gasteiger partial charge on any atom is -0.382 e. The zero-order chi connectivity index (χ0) is 21.8. The lowest BCUT2D eigenvalue weighted by atomic mass is 10.0. The Balaban J connectivity index is 1.64. The molecule has 0 saturated carbocycles. The standard InChI is InChI=1S/C25H31N5O/c1-4-30(5-2)25(31)19-8-6-18(7-9-19)23-16-24(21-17-26-13-10-22(21)28-23)27-20-11-14-29(3)15-12-20/h6-10,13,16-17,20H,4-5,11-12,14-15H2,1-3H3,(H,27,28). The van der Waals surface area contributed by atoms with Crippen molar-refractivity contribution in [3.05, 3.63) is 54.4 Å². The third-order valence-electron chi connectivity index (χ3n) is 6.17. The lowest BCUT2D eigenvalue weighted by Crippen LogP contribution is -2.36. The van der Waals surface area contributed by atoms with Crippen LogP contribution < -0.4 is 5.32 Å². The smallest absolute Gasteiger partial charge is 0.253 e. The number of rotatable bonds is 6. The highest BCUT2D eigenvalue weighted by atomic mass is 16.2. The molecule has 2 aromatic heterocycles. The summed E-state index contributed by atoms with van der Waals surface area (Å²) in [5, 5.41) is 4.79. The summed E-state index contributed by atoms with van der Waals surface area (Å²) in [5.41, 5.74) is 4.61. The van der Waals surface area contributed by atoms with Crippen LogP contribution in [0.5, 0.6) is 0 Å². The Hall–Kier alpha value is -2.99. The maximum absolute atomic E-state index is 12.6. The molecular formula is C25H31N5O. The summed E-state index contributed by atoms with van der Waals surface area (Å²) < 4.78 is 0. The Kier molecular flexibility index (Phi) is 6.47. The van der Waals surface area contributed by atoms with Crippen LogP contribution in [0.25, 0.3) is 22.2 Å². The van der Waals surface area contributed by atoms with E-state index in [1.54, 1.807) is 6.20 Å². The van der Waals surface area contributed by atoms with Gasteiger partial charge in [0.1, 0.15) is 0 Å². The van der Waals surface area contributed by atoms with Crippen LogP contribution in [0.2, 0.25) is 0 Å². The highest BCUT2D eigenvalue weighted by Crippen LogP contribution is 2.29. The van der Waals surface area contributed by atoms with Crippen LogP contribution in [-0.2, 0) is 0 Å². The molecule has 162 valence electrons. The highest BCUT2D eigenvalue weighted by Gasteiger charge is 2.18. The fourth-order valence-electron chi connectivity index (χ4n) is 4.19. The van der Waals surface area contributed by atoms with Crippen LogP contribution in [0.1, 0.15) is 37.0 Å². The van der Waals surface area contributed by atoms with Crippen LogP contribution in [0.15, 0.2) is 48.8 Å². The molecule has 0 unspecified atom stereocenters. The van der Waals surface area contributed by atoms with Crippen molar-refractivity contribution in [1.82, 2.24) is 19.8 Å². The van der Waals surface area contributed by atoms with Gasteiger partial charge in [-0.1, -0.05) is 12.1 Å². The van der Waals surface area contributed by atoms with Gasteiger partial charge in [-0.25, -0.2) is 4.98 Å². The van der Waals surface area contributed by atoms with Gasteiger partial charge in [-0.3, -0.25) is 9.78 Å². The van der Waals surface area contributed by atoms with Gasteiger partial charge >= 0.3 is 0 Å². The Morgan fingerprint density at radius 1 is 1.13 bits per heavy atom. The average molecular weight is 418 g/mol. The van der Waals surface area contributed by atoms with Crippen molar-refractivity contribution in [3.63, 3.8) is 0 Å². The summed E-state index contributed by atoms with van der Waals surface area (Å²) in [4.78, 5) is 26.0. The molecule has 0 spiro atoms. The van der Waals surface area contributed by atoms with E-state index in [9.17, 15) is 4.79 Å². The van der Waals surface area contributed by atoms with E-state index in [0.717, 1.165) is 53.8 Å². The number of amides is 1. The molecule has 1 aliphatic heterocycles. The quantitative estimate of drug-likeness (QED) is 0.648. The third kappa shape index (κ3) is 4.69. The predicted octanol–water partition coefficient (Wildman–Crippen LogP) is 4.28. The van der Waals surface area contributed by atoms with Gasteiger partial charge in [-0.2, -0.15) is 0 Å². The molecule has 6 nitrogen and oxygen atoms in total. The number of nitrogens with one attached hydrogen (secondary N) is 1. The minimum atomic E-state index is 0.0683. The zero-order valence-electron chi connectivity index (χ0n) is 18.6. The van der Waals surface area contributed by atoms with Crippen molar-refractivity contribution in [3.8, 4) is 11.3 Å². The number of piperidine rings is 1. The molecule has 0 atom stereocenters. The van der Waals surface area contributed by atoms with Crippen molar-refractivity contribution >= 4 is 22.5 Å². The first kappa shape index (κ1) is 21.2. The monoisotopic (exact) mass is 417 g/mol. The van der Waals surface area contributed by atoms with Crippen molar-refractivity contribution in [2.24, 2.45) is 0 Å². The van der Waals surface area contributed by atoms with E-state index in [0.29, 0.717) is 24.7 Å². The molecule has 0 aliphatic carbocycles. The molecule has 1 amide bonds. The second-order valence-corrected chi connectivity index (χ2v) is 8.22. The summed E-state index contributed by atoms with van der Waals surface area (Å²) in [6.45, 7) is 7.64. The molecule has 6 heteroatoms. The Bertz CT molecular complexity index is 1040. The van der Waals surface area contributed by atoms with E-state index in [4.69, 9.17) is 4.98 Å². The first-order chi connectivity index (χ1) is 15.1. The summed E-state index contributed by atoms with van der Waals surface area (Å²) in [6, 6.07) is 12.3. The van der Waals surface area contributed by atoms with E-state index >= 15 is 0 Å². The van der Waals surface area contributed by atoms with E-state index < -0.39 is 0 Å². The average Bonchev–Trinajstić information content (AvgIpc) is 2.81. The van der Waals surface area contributed by atoms with Crippen LogP contribution in [0.3, 0.4) is 0 Å². The molecule has 4 rings (SSSR count). The van der Waals surface area contributed by atoms with Gasteiger partial charge in [0, 0.05) is 53.7 Å². The van der Waals surface area contributed by atoms with Crippen LogP contribution in [0, 0.1) is 0 Å². The first-order valence-corrected chi connectivity index (χ1v) is 11.2. The van der Waals surface area contributed by atoms with Crippen molar-refractivity contribution in [2.75, 3.05) is 38.5 Å². The van der Waals surface area contributed by atoms with E-state index in [1.165, 1.54) is 0 Å². The van der Waals surface area contributed by atoms with Gasteiger partial charge in [-0.15, -0.1) is 0 Å². The van der Waals surface area contributed by atoms with Gasteiger partial charge in [-0.05, 0) is 71.1 Å². The number of fused-ring (bicyclic) bond motifs is 1. The Labute approximate surface area is 184 Å². The number of aromatic nitrogens is 2. The number of likely N-dealkylation sites (tertiary alicyclic amines) is 1. The lowest BCUT2D eigenvalue weighted by molar-refractivity contribution is 0.0773. The topological polar surface area (TPSA) is 61.4 Å². The third-order valence-corrected chi connectivity index (χ3v) is 6.17. The van der Waals surface area contributed by atoms with Crippen LogP contribution >= 0.6 is 0 Å². The number of hydrogen-bond donors (Lipinski definition) is 1. The molecule has 1 aliphatic rings. The normalized spacial score (nSPS) is 15.2. The molecule has 1 fully saturated rings. The molecule has 3 aromatic rings. The van der Waals surface area contributed by atoms with Crippen LogP contribution in [-0.4, -0.2) is 64.9 Å². The molecule has 1 saturated heterocycles. The molecule has 3 heterocycles. The number of carbonyl (C=O) groups excluding carboxylic acids is 1. The maximum Gasteiger partial charge on any atom is 0.253 e. The SMILES string of the molecule is CCN(CC)C(=O)c1ccc(-c2cc(NC3CCN(C)CC3)c3cnccc3n2)cc1. The molecule has 1 N–H and O–H groups in total. The number of anilines is 1. The molecule has 1 aromatic carbocycles. The van der Waals surface area contributed by atoms with Crippen molar-refractivity contribution in [1.29, 1.82) is 0 Å². The van der Waals surface area contributed by atoms with Crippen molar-refractivity contribution in [2.45, 2.75) is 32.7 Å². The number of nitrogens with zero attached hydrogens (tertiary/aromatic N) is 4. The second-order valence-electron chi connectivity index (χ2n) is 8.22. The maximum atomic E-state index is 12.6. The van der Waals surface area contributed by atoms with E-state index in [2.05, 4.69) is 28.3 Å². The number of hydrogen-bond acceptors (Lipinski definition) is 5. The number of pyridine rings is 2. The summed E-state index contributed by atoms with van der Waals surface area (Å²) in [7, 11) is 2.18.